The van der Waals surface area contributed by atoms with Crippen molar-refractivity contribution in [2.45, 2.75) is 32.1 Å². The van der Waals surface area contributed by atoms with E-state index in [9.17, 15) is 0 Å². The summed E-state index contributed by atoms with van der Waals surface area (Å²) in [4.78, 5) is 0. The Hall–Kier alpha value is 1.10. The molecule has 1 radical (unpaired) electrons. The second-order valence-electron chi connectivity index (χ2n) is 2.50. The Morgan fingerprint density at radius 2 is 1.44 bits per heavy atom. The third kappa shape index (κ3) is 5.54. The first-order valence-corrected chi connectivity index (χ1v) is 3.22. The molecule has 0 N–H and O–H groups in total. The van der Waals surface area contributed by atoms with Gasteiger partial charge in [0, 0.05) is 19.5 Å². The summed E-state index contributed by atoms with van der Waals surface area (Å²) in [5, 5.41) is 0. The molecular weight excluding hydrogens is 229 g/mol. The summed E-state index contributed by atoms with van der Waals surface area (Å²) in [7, 11) is 0. The molecule has 0 heterocycles. The predicted octanol–water partition coefficient (Wildman–Crippen LogP) is -0.598. The molecule has 0 aliphatic heterocycles. The van der Waals surface area contributed by atoms with Gasteiger partial charge in [0.25, 0.3) is 0 Å². The van der Waals surface area contributed by atoms with Crippen molar-refractivity contribution in [2.75, 3.05) is 0 Å². The molecule has 1 saturated carbocycles. The Kier molecular flexibility index (Phi) is 10.2. The Bertz CT molecular complexity index is 50.9. The summed E-state index contributed by atoms with van der Waals surface area (Å²) in [6.07, 6.45) is 7.05. The van der Waals surface area contributed by atoms with Crippen molar-refractivity contribution in [3.8, 4) is 0 Å². The van der Waals surface area contributed by atoms with Crippen molar-refractivity contribution in [2.24, 2.45) is 5.92 Å². The van der Waals surface area contributed by atoms with Crippen LogP contribution in [0, 0.1) is 12.8 Å². The van der Waals surface area contributed by atoms with E-state index in [1.165, 1.54) is 32.1 Å². The maximum atomic E-state index is 4.00. The van der Waals surface area contributed by atoms with E-state index < -0.39 is 0 Å². The Morgan fingerprint density at radius 3 is 1.67 bits per heavy atom. The summed E-state index contributed by atoms with van der Waals surface area (Å²) in [5.74, 6) is 0.786. The van der Waals surface area contributed by atoms with Crippen LogP contribution >= 0.6 is 0 Å². The van der Waals surface area contributed by atoms with E-state index in [4.69, 9.17) is 0 Å². The largest absolute Gasteiger partial charge is 1.00 e. The average molecular weight is 242 g/mol. The van der Waals surface area contributed by atoms with Crippen molar-refractivity contribution >= 4 is 0 Å². The SMILES string of the molecule is [Br-].[CH2]C1CCCCC1.[Zn]. The number of hydrogen-bond acceptors (Lipinski definition) is 0. The van der Waals surface area contributed by atoms with Gasteiger partial charge >= 0.3 is 0 Å². The van der Waals surface area contributed by atoms with Crippen molar-refractivity contribution in [3.63, 3.8) is 0 Å². The van der Waals surface area contributed by atoms with Gasteiger partial charge in [0.1, 0.15) is 0 Å². The standard InChI is InChI=1S/C7H13.BrH.Zn/c1-7-5-3-2-4-6-7;;/h7H,1-6H2;1H;/p-1. The van der Waals surface area contributed by atoms with Crippen LogP contribution in [0.15, 0.2) is 0 Å². The fourth-order valence-electron chi connectivity index (χ4n) is 1.19. The number of rotatable bonds is 0. The van der Waals surface area contributed by atoms with Gasteiger partial charge in [0.15, 0.2) is 0 Å². The second kappa shape index (κ2) is 7.21. The molecule has 0 nitrogen and oxygen atoms in total. The Balaban J connectivity index is 0. The first kappa shape index (κ1) is 12.8. The average Bonchev–Trinajstić information content (AvgIpc) is 1.69. The van der Waals surface area contributed by atoms with Crippen molar-refractivity contribution < 1.29 is 36.5 Å². The topological polar surface area (TPSA) is 0 Å². The van der Waals surface area contributed by atoms with Gasteiger partial charge in [0.2, 0.25) is 0 Å². The molecule has 0 saturated heterocycles. The van der Waals surface area contributed by atoms with Crippen LogP contribution in [0.4, 0.5) is 0 Å². The maximum absolute atomic E-state index is 4.00. The van der Waals surface area contributed by atoms with E-state index in [0.29, 0.717) is 0 Å². The van der Waals surface area contributed by atoms with Crippen LogP contribution < -0.4 is 17.0 Å². The van der Waals surface area contributed by atoms with Gasteiger partial charge in [-0.05, 0) is 5.92 Å². The van der Waals surface area contributed by atoms with E-state index in [1.54, 1.807) is 0 Å². The van der Waals surface area contributed by atoms with E-state index in [1.807, 2.05) is 0 Å². The minimum Gasteiger partial charge on any atom is -1.00 e. The van der Waals surface area contributed by atoms with Crippen LogP contribution in [0.3, 0.4) is 0 Å². The van der Waals surface area contributed by atoms with Crippen LogP contribution in [-0.4, -0.2) is 0 Å². The first-order chi connectivity index (χ1) is 3.39. The van der Waals surface area contributed by atoms with Crippen molar-refractivity contribution in [1.82, 2.24) is 0 Å². The van der Waals surface area contributed by atoms with Crippen LogP contribution in [0.2, 0.25) is 0 Å². The summed E-state index contributed by atoms with van der Waals surface area (Å²) in [6.45, 7) is 4.00. The second-order valence-corrected chi connectivity index (χ2v) is 2.50. The molecule has 9 heavy (non-hydrogen) atoms. The quantitative estimate of drug-likeness (QED) is 0.498. The molecule has 0 aromatic heterocycles. The smallest absolute Gasteiger partial charge is 0 e. The van der Waals surface area contributed by atoms with Gasteiger partial charge < -0.3 is 17.0 Å². The molecule has 0 spiro atoms. The van der Waals surface area contributed by atoms with Crippen LogP contribution in [-0.2, 0) is 19.5 Å². The van der Waals surface area contributed by atoms with Crippen LogP contribution in [0.25, 0.3) is 0 Å². The number of hydrogen-bond donors (Lipinski definition) is 0. The zero-order valence-corrected chi connectivity index (χ0v) is 10.5. The summed E-state index contributed by atoms with van der Waals surface area (Å²) < 4.78 is 0. The minimum absolute atomic E-state index is 0. The van der Waals surface area contributed by atoms with Crippen LogP contribution in [0.5, 0.6) is 0 Å². The molecule has 1 rings (SSSR count). The molecule has 51 valence electrons. The van der Waals surface area contributed by atoms with Gasteiger partial charge in [0.05, 0.1) is 0 Å². The van der Waals surface area contributed by atoms with E-state index in [0.717, 1.165) is 5.92 Å². The van der Waals surface area contributed by atoms with Gasteiger partial charge in [-0.2, -0.15) is 0 Å². The van der Waals surface area contributed by atoms with Gasteiger partial charge in [-0.1, -0.05) is 39.0 Å². The molecule has 0 aromatic rings. The third-order valence-electron chi connectivity index (χ3n) is 1.72. The van der Waals surface area contributed by atoms with Crippen molar-refractivity contribution in [1.29, 1.82) is 0 Å². The summed E-state index contributed by atoms with van der Waals surface area (Å²) >= 11 is 0. The zero-order valence-electron chi connectivity index (χ0n) is 5.91. The van der Waals surface area contributed by atoms with Crippen LogP contribution in [0.1, 0.15) is 32.1 Å². The summed E-state index contributed by atoms with van der Waals surface area (Å²) in [5.41, 5.74) is 0. The molecule has 0 aromatic carbocycles. The molecule has 0 amide bonds. The first-order valence-electron chi connectivity index (χ1n) is 3.22. The van der Waals surface area contributed by atoms with E-state index >= 15 is 0 Å². The molecule has 2 heteroatoms. The Labute approximate surface area is 81.3 Å². The predicted molar refractivity (Wildman–Crippen MR) is 31.9 cm³/mol. The molecule has 0 atom stereocenters. The Morgan fingerprint density at radius 1 is 1.00 bits per heavy atom. The summed E-state index contributed by atoms with van der Waals surface area (Å²) in [6, 6.07) is 0. The number of halogens is 1. The fourth-order valence-corrected chi connectivity index (χ4v) is 1.19. The minimum atomic E-state index is 0. The van der Waals surface area contributed by atoms with Gasteiger partial charge in [-0.15, -0.1) is 0 Å². The zero-order chi connectivity index (χ0) is 5.11. The molecule has 1 fully saturated rings. The monoisotopic (exact) mass is 240 g/mol. The normalized spacial score (nSPS) is 19.7. The molecule has 1 aliphatic carbocycles. The van der Waals surface area contributed by atoms with Crippen molar-refractivity contribution in [3.05, 3.63) is 6.92 Å². The molecule has 0 unspecified atom stereocenters. The van der Waals surface area contributed by atoms with E-state index in [2.05, 4.69) is 6.92 Å². The van der Waals surface area contributed by atoms with E-state index in [-0.39, 0.29) is 36.5 Å². The molecule has 1 aliphatic rings. The molecular formula is C7H13BrZn-. The van der Waals surface area contributed by atoms with Gasteiger partial charge in [-0.25, -0.2) is 0 Å². The van der Waals surface area contributed by atoms with Gasteiger partial charge in [-0.3, -0.25) is 0 Å². The molecule has 0 bridgehead atoms. The fraction of sp³-hybridized carbons (Fsp3) is 0.857. The maximum Gasteiger partial charge on any atom is 0 e. The third-order valence-corrected chi connectivity index (χ3v) is 1.72.